The molecule has 0 saturated carbocycles. The van der Waals surface area contributed by atoms with E-state index < -0.39 is 11.9 Å². The zero-order chi connectivity index (χ0) is 15.8. The molecule has 0 unspecified atom stereocenters. The molecule has 6 nitrogen and oxygen atoms in total. The molecule has 0 aliphatic heterocycles. The summed E-state index contributed by atoms with van der Waals surface area (Å²) in [7, 11) is 1.41. The number of rotatable bonds is 7. The van der Waals surface area contributed by atoms with Crippen molar-refractivity contribution in [2.75, 3.05) is 20.3 Å². The van der Waals surface area contributed by atoms with Gasteiger partial charge in [0.25, 0.3) is 0 Å². The molecule has 0 spiro atoms. The molecule has 0 aromatic heterocycles. The number of carboxylic acid groups (broad SMARTS) is 1. The third kappa shape index (κ3) is 5.35. The Bertz CT molecular complexity index is 553. The van der Waals surface area contributed by atoms with Gasteiger partial charge in [0.05, 0.1) is 18.7 Å². The molecule has 0 aliphatic rings. The number of carbonyl (C=O) groups is 2. The molecule has 1 rings (SSSR count). The fraction of sp³-hybridized carbons (Fsp3) is 0.286. The van der Waals surface area contributed by atoms with Crippen molar-refractivity contribution in [1.82, 2.24) is 0 Å². The first kappa shape index (κ1) is 16.8. The van der Waals surface area contributed by atoms with Crippen molar-refractivity contribution in [2.24, 2.45) is 0 Å². The average Bonchev–Trinajstić information content (AvgIpc) is 2.43. The Morgan fingerprint density at radius 2 is 2.10 bits per heavy atom. The van der Waals surface area contributed by atoms with Crippen LogP contribution in [0.15, 0.2) is 18.2 Å². The zero-order valence-corrected chi connectivity index (χ0v) is 12.3. The van der Waals surface area contributed by atoms with Crippen LogP contribution in [-0.4, -0.2) is 37.4 Å². The van der Waals surface area contributed by atoms with Crippen LogP contribution in [0.5, 0.6) is 11.5 Å². The second-order valence-electron chi connectivity index (χ2n) is 3.80. The summed E-state index contributed by atoms with van der Waals surface area (Å²) in [6.45, 7) is 1.65. The van der Waals surface area contributed by atoms with Crippen LogP contribution in [0.4, 0.5) is 0 Å². The lowest BCUT2D eigenvalue weighted by Gasteiger charge is -2.12. The molecular formula is C14H15ClO6. The van der Waals surface area contributed by atoms with Gasteiger partial charge in [-0.3, -0.25) is 0 Å². The van der Waals surface area contributed by atoms with Gasteiger partial charge < -0.3 is 19.3 Å². The lowest BCUT2D eigenvalue weighted by Crippen LogP contribution is -2.15. The van der Waals surface area contributed by atoms with Crippen molar-refractivity contribution in [3.8, 4) is 11.5 Å². The summed E-state index contributed by atoms with van der Waals surface area (Å²) in [4.78, 5) is 21.8. The first-order valence-electron chi connectivity index (χ1n) is 6.04. The molecule has 114 valence electrons. The smallest absolute Gasteiger partial charge is 0.344 e. The lowest BCUT2D eigenvalue weighted by molar-refractivity contribution is -0.145. The fourth-order valence-corrected chi connectivity index (χ4v) is 1.75. The molecule has 21 heavy (non-hydrogen) atoms. The summed E-state index contributed by atoms with van der Waals surface area (Å²) < 4.78 is 15.1. The Labute approximate surface area is 126 Å². The molecule has 0 atom stereocenters. The normalized spacial score (nSPS) is 10.4. The monoisotopic (exact) mass is 314 g/mol. The van der Waals surface area contributed by atoms with E-state index in [1.54, 1.807) is 13.0 Å². The van der Waals surface area contributed by atoms with Gasteiger partial charge in [-0.15, -0.1) is 0 Å². The maximum atomic E-state index is 11.3. The van der Waals surface area contributed by atoms with Crippen molar-refractivity contribution >= 4 is 29.6 Å². The van der Waals surface area contributed by atoms with E-state index in [0.29, 0.717) is 5.56 Å². The maximum Gasteiger partial charge on any atom is 0.344 e. The highest BCUT2D eigenvalue weighted by Gasteiger charge is 2.13. The van der Waals surface area contributed by atoms with E-state index in [1.807, 2.05) is 0 Å². The molecule has 0 heterocycles. The SMILES string of the molecule is CCOC(=O)COc1c(Cl)cc(C=CC(=O)O)cc1OC. The zero-order valence-electron chi connectivity index (χ0n) is 11.6. The predicted molar refractivity (Wildman–Crippen MR) is 76.8 cm³/mol. The summed E-state index contributed by atoms with van der Waals surface area (Å²) in [5, 5.41) is 8.79. The second-order valence-corrected chi connectivity index (χ2v) is 4.21. The first-order valence-corrected chi connectivity index (χ1v) is 6.42. The van der Waals surface area contributed by atoms with Crippen LogP contribution < -0.4 is 9.47 Å². The molecule has 0 amide bonds. The third-order valence-electron chi connectivity index (χ3n) is 2.31. The largest absolute Gasteiger partial charge is 0.493 e. The molecule has 0 aliphatic carbocycles. The van der Waals surface area contributed by atoms with Crippen LogP contribution in [0.3, 0.4) is 0 Å². The molecule has 7 heteroatoms. The number of carboxylic acids is 1. The number of hydrogen-bond donors (Lipinski definition) is 1. The van der Waals surface area contributed by atoms with Crippen molar-refractivity contribution in [1.29, 1.82) is 0 Å². The minimum atomic E-state index is -1.08. The van der Waals surface area contributed by atoms with E-state index in [9.17, 15) is 9.59 Å². The molecule has 1 N–H and O–H groups in total. The second kappa shape index (κ2) is 8.16. The van der Waals surface area contributed by atoms with Gasteiger partial charge in [0, 0.05) is 6.08 Å². The quantitative estimate of drug-likeness (QED) is 0.614. The molecule has 0 fully saturated rings. The summed E-state index contributed by atoms with van der Waals surface area (Å²) in [5.41, 5.74) is 0.530. The Morgan fingerprint density at radius 3 is 2.67 bits per heavy atom. The third-order valence-corrected chi connectivity index (χ3v) is 2.59. The lowest BCUT2D eigenvalue weighted by atomic mass is 10.2. The van der Waals surface area contributed by atoms with Crippen LogP contribution in [0, 0.1) is 0 Å². The topological polar surface area (TPSA) is 82.1 Å². The molecule has 1 aromatic carbocycles. The number of esters is 1. The van der Waals surface area contributed by atoms with Gasteiger partial charge in [-0.1, -0.05) is 11.6 Å². The number of benzene rings is 1. The Kier molecular flexibility index (Phi) is 6.55. The van der Waals surface area contributed by atoms with Crippen LogP contribution >= 0.6 is 11.6 Å². The van der Waals surface area contributed by atoms with Crippen LogP contribution in [-0.2, 0) is 14.3 Å². The van der Waals surface area contributed by atoms with Gasteiger partial charge in [-0.2, -0.15) is 0 Å². The summed E-state index contributed by atoms with van der Waals surface area (Å²) in [5.74, 6) is -1.12. The van der Waals surface area contributed by atoms with Crippen molar-refractivity contribution in [2.45, 2.75) is 6.92 Å². The number of methoxy groups -OCH3 is 1. The maximum absolute atomic E-state index is 11.3. The fourth-order valence-electron chi connectivity index (χ4n) is 1.48. The van der Waals surface area contributed by atoms with Crippen LogP contribution in [0.2, 0.25) is 5.02 Å². The van der Waals surface area contributed by atoms with E-state index in [4.69, 9.17) is 30.9 Å². The number of halogens is 1. The highest BCUT2D eigenvalue weighted by atomic mass is 35.5. The number of carbonyl (C=O) groups excluding carboxylic acids is 1. The Hall–Kier alpha value is -2.21. The molecule has 1 aromatic rings. The minimum Gasteiger partial charge on any atom is -0.493 e. The summed E-state index contributed by atoms with van der Waals surface area (Å²) in [6, 6.07) is 3.05. The van der Waals surface area contributed by atoms with Gasteiger partial charge in [0.2, 0.25) is 0 Å². The Morgan fingerprint density at radius 1 is 1.38 bits per heavy atom. The Balaban J connectivity index is 2.94. The van der Waals surface area contributed by atoms with Gasteiger partial charge in [0.1, 0.15) is 0 Å². The van der Waals surface area contributed by atoms with E-state index in [0.717, 1.165) is 6.08 Å². The highest BCUT2D eigenvalue weighted by molar-refractivity contribution is 6.32. The van der Waals surface area contributed by atoms with Gasteiger partial charge >= 0.3 is 11.9 Å². The molecular weight excluding hydrogens is 300 g/mol. The van der Waals surface area contributed by atoms with E-state index in [2.05, 4.69) is 0 Å². The van der Waals surface area contributed by atoms with Crippen molar-refractivity contribution < 1.29 is 28.9 Å². The van der Waals surface area contributed by atoms with E-state index in [1.165, 1.54) is 19.3 Å². The van der Waals surface area contributed by atoms with Crippen molar-refractivity contribution in [3.63, 3.8) is 0 Å². The average molecular weight is 315 g/mol. The predicted octanol–water partition coefficient (Wildman–Crippen LogP) is 2.39. The molecule has 0 radical (unpaired) electrons. The van der Waals surface area contributed by atoms with Crippen molar-refractivity contribution in [3.05, 3.63) is 28.8 Å². The number of hydrogen-bond acceptors (Lipinski definition) is 5. The standard InChI is InChI=1S/C14H15ClO6/c1-3-20-13(18)8-21-14-10(15)6-9(4-5-12(16)17)7-11(14)19-2/h4-7H,3,8H2,1-2H3,(H,16,17). The van der Waals surface area contributed by atoms with Gasteiger partial charge in [0.15, 0.2) is 18.1 Å². The highest BCUT2D eigenvalue weighted by Crippen LogP contribution is 2.36. The van der Waals surface area contributed by atoms with Crippen LogP contribution in [0.1, 0.15) is 12.5 Å². The van der Waals surface area contributed by atoms with Gasteiger partial charge in [-0.25, -0.2) is 9.59 Å². The molecule has 0 saturated heterocycles. The summed E-state index contributed by atoms with van der Waals surface area (Å²) >= 11 is 6.05. The van der Waals surface area contributed by atoms with Crippen LogP contribution in [0.25, 0.3) is 6.08 Å². The van der Waals surface area contributed by atoms with E-state index >= 15 is 0 Å². The van der Waals surface area contributed by atoms with E-state index in [-0.39, 0.29) is 29.7 Å². The molecule has 0 bridgehead atoms. The summed E-state index contributed by atoms with van der Waals surface area (Å²) in [6.07, 6.45) is 2.34. The number of ether oxygens (including phenoxy) is 3. The minimum absolute atomic E-state index is 0.194. The first-order chi connectivity index (χ1) is 9.97. The van der Waals surface area contributed by atoms with Gasteiger partial charge in [-0.05, 0) is 30.7 Å². The number of aliphatic carboxylic acids is 1.